The highest BCUT2D eigenvalue weighted by Gasteiger charge is 2.18. The first-order chi connectivity index (χ1) is 9.36. The molecule has 0 atom stereocenters. The molecule has 5 heteroatoms. The van der Waals surface area contributed by atoms with Gasteiger partial charge in [0.05, 0.1) is 0 Å². The van der Waals surface area contributed by atoms with Crippen LogP contribution in [0.2, 0.25) is 0 Å². The molecule has 0 saturated heterocycles. The summed E-state index contributed by atoms with van der Waals surface area (Å²) in [6.07, 6.45) is 11.7. The Bertz CT molecular complexity index is 356. The van der Waals surface area contributed by atoms with Crippen LogP contribution in [0.25, 0.3) is 0 Å². The number of carbonyl (C=O) groups is 1. The molecule has 106 valence electrons. The molecular formula is C14H24N4O. The van der Waals surface area contributed by atoms with Crippen molar-refractivity contribution in [1.29, 1.82) is 0 Å². The van der Waals surface area contributed by atoms with Crippen molar-refractivity contribution >= 4 is 5.91 Å². The highest BCUT2D eigenvalue weighted by molar-refractivity contribution is 5.78. The van der Waals surface area contributed by atoms with E-state index >= 15 is 0 Å². The zero-order valence-corrected chi connectivity index (χ0v) is 11.5. The maximum absolute atomic E-state index is 12.1. The lowest BCUT2D eigenvalue weighted by Crippen LogP contribution is -2.32. The molecular weight excluding hydrogens is 240 g/mol. The second-order valence-corrected chi connectivity index (χ2v) is 5.37. The number of aromatic amines is 1. The molecule has 0 bridgehead atoms. The number of nitrogens with one attached hydrogen (secondary N) is 2. The minimum absolute atomic E-state index is 0.241. The Morgan fingerprint density at radius 2 is 2.00 bits per heavy atom. The van der Waals surface area contributed by atoms with Gasteiger partial charge in [0.2, 0.25) is 5.91 Å². The van der Waals surface area contributed by atoms with Crippen LogP contribution < -0.4 is 5.32 Å². The Kier molecular flexibility index (Phi) is 5.85. The molecule has 19 heavy (non-hydrogen) atoms. The maximum Gasteiger partial charge on any atom is 0.223 e. The van der Waals surface area contributed by atoms with Crippen molar-refractivity contribution < 1.29 is 4.79 Å². The van der Waals surface area contributed by atoms with Gasteiger partial charge in [0.25, 0.3) is 0 Å². The van der Waals surface area contributed by atoms with Gasteiger partial charge in [-0.05, 0) is 19.3 Å². The Morgan fingerprint density at radius 3 is 2.68 bits per heavy atom. The summed E-state index contributed by atoms with van der Waals surface area (Å²) < 4.78 is 0. The summed E-state index contributed by atoms with van der Waals surface area (Å²) >= 11 is 0. The Labute approximate surface area is 114 Å². The van der Waals surface area contributed by atoms with Crippen molar-refractivity contribution in [3.8, 4) is 0 Å². The highest BCUT2D eigenvalue weighted by Crippen LogP contribution is 2.22. The lowest BCUT2D eigenvalue weighted by molar-refractivity contribution is -0.125. The second kappa shape index (κ2) is 7.92. The fourth-order valence-corrected chi connectivity index (χ4v) is 2.68. The van der Waals surface area contributed by atoms with E-state index in [-0.39, 0.29) is 11.8 Å². The molecule has 1 aromatic rings. The Hall–Kier alpha value is -1.39. The van der Waals surface area contributed by atoms with Crippen LogP contribution in [0, 0.1) is 5.92 Å². The summed E-state index contributed by atoms with van der Waals surface area (Å²) in [5, 5.41) is 9.70. The molecule has 1 saturated carbocycles. The van der Waals surface area contributed by atoms with E-state index in [0.29, 0.717) is 0 Å². The Morgan fingerprint density at radius 1 is 1.26 bits per heavy atom. The van der Waals surface area contributed by atoms with Crippen molar-refractivity contribution in [1.82, 2.24) is 20.5 Å². The fraction of sp³-hybridized carbons (Fsp3) is 0.786. The van der Waals surface area contributed by atoms with E-state index in [1.165, 1.54) is 38.4 Å². The molecule has 1 aromatic heterocycles. The zero-order chi connectivity index (χ0) is 13.3. The molecule has 2 N–H and O–H groups in total. The normalized spacial score (nSPS) is 17.7. The minimum atomic E-state index is 0.241. The summed E-state index contributed by atoms with van der Waals surface area (Å²) in [7, 11) is 0. The quantitative estimate of drug-likeness (QED) is 0.801. The monoisotopic (exact) mass is 264 g/mol. The molecule has 2 rings (SSSR count). The van der Waals surface area contributed by atoms with Gasteiger partial charge in [0.15, 0.2) is 0 Å². The molecule has 1 aliphatic carbocycles. The van der Waals surface area contributed by atoms with Crippen LogP contribution in [0.1, 0.15) is 57.2 Å². The molecule has 5 nitrogen and oxygen atoms in total. The van der Waals surface area contributed by atoms with Gasteiger partial charge < -0.3 is 5.32 Å². The van der Waals surface area contributed by atoms with Crippen LogP contribution in [-0.2, 0) is 11.2 Å². The summed E-state index contributed by atoms with van der Waals surface area (Å²) in [5.74, 6) is 1.38. The number of H-pyrrole nitrogens is 1. The molecule has 0 unspecified atom stereocenters. The average Bonchev–Trinajstić information content (AvgIpc) is 2.87. The lowest BCUT2D eigenvalue weighted by Gasteiger charge is -2.19. The molecule has 1 amide bonds. The topological polar surface area (TPSA) is 70.7 Å². The van der Waals surface area contributed by atoms with Crippen LogP contribution in [-0.4, -0.2) is 27.6 Å². The van der Waals surface area contributed by atoms with Crippen LogP contribution in [0.3, 0.4) is 0 Å². The summed E-state index contributed by atoms with van der Waals surface area (Å²) in [5.41, 5.74) is 0. The van der Waals surface area contributed by atoms with Crippen LogP contribution in [0.4, 0.5) is 0 Å². The van der Waals surface area contributed by atoms with Gasteiger partial charge >= 0.3 is 0 Å². The molecule has 0 spiro atoms. The van der Waals surface area contributed by atoms with Crippen LogP contribution in [0.15, 0.2) is 6.33 Å². The average molecular weight is 264 g/mol. The largest absolute Gasteiger partial charge is 0.356 e. The number of rotatable bonds is 5. The van der Waals surface area contributed by atoms with E-state index in [2.05, 4.69) is 20.5 Å². The van der Waals surface area contributed by atoms with Crippen molar-refractivity contribution in [3.05, 3.63) is 12.2 Å². The van der Waals surface area contributed by atoms with E-state index in [1.807, 2.05) is 0 Å². The molecule has 0 aromatic carbocycles. The van der Waals surface area contributed by atoms with Gasteiger partial charge in [-0.2, -0.15) is 5.10 Å². The van der Waals surface area contributed by atoms with Crippen LogP contribution in [0.5, 0.6) is 0 Å². The van der Waals surface area contributed by atoms with Crippen molar-refractivity contribution in [2.45, 2.75) is 57.8 Å². The number of amides is 1. The van der Waals surface area contributed by atoms with E-state index in [9.17, 15) is 4.79 Å². The molecule has 0 radical (unpaired) electrons. The number of carbonyl (C=O) groups excluding carboxylic acids is 1. The van der Waals surface area contributed by atoms with Crippen molar-refractivity contribution in [3.63, 3.8) is 0 Å². The molecule has 1 fully saturated rings. The van der Waals surface area contributed by atoms with Gasteiger partial charge in [-0.25, -0.2) is 4.98 Å². The summed E-state index contributed by atoms with van der Waals surface area (Å²) in [6, 6.07) is 0. The first kappa shape index (κ1) is 14.0. The highest BCUT2D eigenvalue weighted by atomic mass is 16.1. The number of aryl methyl sites for hydroxylation is 1. The van der Waals surface area contributed by atoms with Gasteiger partial charge in [-0.1, -0.05) is 32.1 Å². The standard InChI is InChI=1S/C14H24N4O/c19-14(12-7-4-2-1-3-5-8-12)15-10-6-9-13-16-11-17-18-13/h11-12H,1-10H2,(H,15,19)(H,16,17,18). The number of hydrogen-bond acceptors (Lipinski definition) is 3. The molecule has 1 aliphatic rings. The third-order valence-electron chi connectivity index (χ3n) is 3.83. The number of hydrogen-bond donors (Lipinski definition) is 2. The summed E-state index contributed by atoms with van der Waals surface area (Å²) in [6.45, 7) is 0.732. The summed E-state index contributed by atoms with van der Waals surface area (Å²) in [4.78, 5) is 16.1. The zero-order valence-electron chi connectivity index (χ0n) is 11.5. The second-order valence-electron chi connectivity index (χ2n) is 5.37. The predicted molar refractivity (Wildman–Crippen MR) is 73.5 cm³/mol. The van der Waals surface area contributed by atoms with E-state index in [1.54, 1.807) is 0 Å². The van der Waals surface area contributed by atoms with E-state index < -0.39 is 0 Å². The number of aromatic nitrogens is 3. The Balaban J connectivity index is 1.62. The van der Waals surface area contributed by atoms with Gasteiger partial charge in [-0.3, -0.25) is 9.89 Å². The first-order valence-electron chi connectivity index (χ1n) is 7.48. The van der Waals surface area contributed by atoms with Gasteiger partial charge in [-0.15, -0.1) is 0 Å². The maximum atomic E-state index is 12.1. The van der Waals surface area contributed by atoms with E-state index in [4.69, 9.17) is 0 Å². The van der Waals surface area contributed by atoms with Gasteiger partial charge in [0.1, 0.15) is 12.2 Å². The fourth-order valence-electron chi connectivity index (χ4n) is 2.68. The van der Waals surface area contributed by atoms with Crippen molar-refractivity contribution in [2.75, 3.05) is 6.54 Å². The van der Waals surface area contributed by atoms with Crippen LogP contribution >= 0.6 is 0 Å². The first-order valence-corrected chi connectivity index (χ1v) is 7.48. The third kappa shape index (κ3) is 5.01. The lowest BCUT2D eigenvalue weighted by atomic mass is 9.90. The predicted octanol–water partition coefficient (Wildman–Crippen LogP) is 2.21. The third-order valence-corrected chi connectivity index (χ3v) is 3.83. The van der Waals surface area contributed by atoms with Crippen molar-refractivity contribution in [2.24, 2.45) is 5.92 Å². The van der Waals surface area contributed by atoms with E-state index in [0.717, 1.165) is 38.1 Å². The van der Waals surface area contributed by atoms with Gasteiger partial charge in [0, 0.05) is 18.9 Å². The SMILES string of the molecule is O=C(NCCCc1ncn[nH]1)C1CCCCCCC1. The minimum Gasteiger partial charge on any atom is -0.356 e. The number of nitrogens with zero attached hydrogens (tertiary/aromatic N) is 2. The molecule has 0 aliphatic heterocycles. The molecule has 1 heterocycles. The smallest absolute Gasteiger partial charge is 0.223 e.